The Bertz CT molecular complexity index is 678. The zero-order chi connectivity index (χ0) is 21.6. The van der Waals surface area contributed by atoms with Crippen molar-refractivity contribution in [3.8, 4) is 0 Å². The first-order valence-electron chi connectivity index (χ1n) is 10.2. The van der Waals surface area contributed by atoms with E-state index in [0.717, 1.165) is 24.1 Å². The van der Waals surface area contributed by atoms with Gasteiger partial charge in [-0.25, -0.2) is 4.79 Å². The molecule has 1 aromatic carbocycles. The third-order valence-electron chi connectivity index (χ3n) is 5.58. The zero-order valence-corrected chi connectivity index (χ0v) is 17.2. The summed E-state index contributed by atoms with van der Waals surface area (Å²) in [7, 11) is 1.60. The smallest absolute Gasteiger partial charge is 0.382 e. The van der Waals surface area contributed by atoms with Gasteiger partial charge < -0.3 is 24.0 Å². The van der Waals surface area contributed by atoms with Crippen LogP contribution in [0.15, 0.2) is 24.3 Å². The zero-order valence-electron chi connectivity index (χ0n) is 17.2. The summed E-state index contributed by atoms with van der Waals surface area (Å²) in [6.45, 7) is 4.63. The van der Waals surface area contributed by atoms with E-state index in [2.05, 4.69) is 0 Å². The van der Waals surface area contributed by atoms with E-state index in [-0.39, 0.29) is 17.9 Å². The van der Waals surface area contributed by atoms with Crippen molar-refractivity contribution >= 4 is 6.03 Å². The molecule has 2 aliphatic heterocycles. The lowest BCUT2D eigenvalue weighted by Crippen LogP contribution is -2.52. The summed E-state index contributed by atoms with van der Waals surface area (Å²) < 4.78 is 54.7. The van der Waals surface area contributed by atoms with Crippen LogP contribution in [0.5, 0.6) is 0 Å². The van der Waals surface area contributed by atoms with Gasteiger partial charge in [0, 0.05) is 45.1 Å². The maximum absolute atomic E-state index is 13.0. The second-order valence-corrected chi connectivity index (χ2v) is 7.77. The van der Waals surface area contributed by atoms with Gasteiger partial charge in [-0.2, -0.15) is 13.2 Å². The van der Waals surface area contributed by atoms with Gasteiger partial charge in [-0.3, -0.25) is 0 Å². The Kier molecular flexibility index (Phi) is 7.96. The van der Waals surface area contributed by atoms with Crippen LogP contribution in [0, 0.1) is 5.92 Å². The molecule has 2 unspecified atom stereocenters. The van der Waals surface area contributed by atoms with E-state index in [0.29, 0.717) is 59.2 Å². The largest absolute Gasteiger partial charge is 0.416 e. The van der Waals surface area contributed by atoms with E-state index in [4.69, 9.17) is 14.2 Å². The predicted octanol–water partition coefficient (Wildman–Crippen LogP) is 3.23. The summed E-state index contributed by atoms with van der Waals surface area (Å²) in [5.41, 5.74) is 0.145. The number of hydrogen-bond donors (Lipinski definition) is 0. The number of hydrogen-bond acceptors (Lipinski definition) is 4. The van der Waals surface area contributed by atoms with Crippen LogP contribution in [0.3, 0.4) is 0 Å². The fourth-order valence-corrected chi connectivity index (χ4v) is 4.01. The number of alkyl halides is 3. The monoisotopic (exact) mass is 430 g/mol. The minimum Gasteiger partial charge on any atom is -0.382 e. The third kappa shape index (κ3) is 6.09. The summed E-state index contributed by atoms with van der Waals surface area (Å²) in [6.07, 6.45) is -3.60. The van der Waals surface area contributed by atoms with Gasteiger partial charge in [0.2, 0.25) is 0 Å². The van der Waals surface area contributed by atoms with E-state index in [1.54, 1.807) is 12.0 Å². The minimum atomic E-state index is -4.36. The van der Waals surface area contributed by atoms with Gasteiger partial charge >= 0.3 is 12.2 Å². The van der Waals surface area contributed by atoms with Gasteiger partial charge in [0.05, 0.1) is 38.6 Å². The maximum atomic E-state index is 13.0. The van der Waals surface area contributed by atoms with Crippen LogP contribution < -0.4 is 0 Å². The third-order valence-corrected chi connectivity index (χ3v) is 5.58. The van der Waals surface area contributed by atoms with Gasteiger partial charge in [-0.05, 0) is 24.1 Å². The molecule has 3 rings (SSSR count). The van der Waals surface area contributed by atoms with Gasteiger partial charge in [-0.1, -0.05) is 12.1 Å². The lowest BCUT2D eigenvalue weighted by molar-refractivity contribution is -0.137. The van der Waals surface area contributed by atoms with Crippen LogP contribution in [0.1, 0.15) is 23.5 Å². The Morgan fingerprint density at radius 1 is 1.10 bits per heavy atom. The van der Waals surface area contributed by atoms with E-state index in [9.17, 15) is 18.0 Å². The molecule has 0 radical (unpaired) electrons. The highest BCUT2D eigenvalue weighted by Crippen LogP contribution is 2.34. The Morgan fingerprint density at radius 3 is 2.43 bits per heavy atom. The molecule has 2 fully saturated rings. The highest BCUT2D eigenvalue weighted by atomic mass is 19.4. The van der Waals surface area contributed by atoms with Crippen LogP contribution in [0.25, 0.3) is 0 Å². The standard InChI is InChI=1S/C21H29F3N2O4/c1-28-10-11-30-15-16-12-18(17-2-4-19(5-3-17)21(22,23)24)14-26(13-16)20(27)25-6-8-29-9-7-25/h2-5,16,18H,6-15H2,1H3. The lowest BCUT2D eigenvalue weighted by atomic mass is 9.84. The number of carbonyl (C=O) groups excluding carboxylic acids is 1. The van der Waals surface area contributed by atoms with Crippen LogP contribution in [-0.4, -0.2) is 82.2 Å². The molecule has 6 nitrogen and oxygen atoms in total. The number of ether oxygens (including phenoxy) is 3. The number of piperidine rings is 1. The number of carbonyl (C=O) groups is 1. The quantitative estimate of drug-likeness (QED) is 0.651. The van der Waals surface area contributed by atoms with E-state index < -0.39 is 11.7 Å². The molecule has 2 saturated heterocycles. The Balaban J connectivity index is 1.71. The minimum absolute atomic E-state index is 0.0398. The molecule has 0 spiro atoms. The van der Waals surface area contributed by atoms with Gasteiger partial charge in [0.25, 0.3) is 0 Å². The van der Waals surface area contributed by atoms with E-state index in [1.807, 2.05) is 4.90 Å². The second-order valence-electron chi connectivity index (χ2n) is 7.77. The Labute approximate surface area is 174 Å². The number of methoxy groups -OCH3 is 1. The molecule has 0 aromatic heterocycles. The first kappa shape index (κ1) is 22.8. The summed E-state index contributed by atoms with van der Waals surface area (Å²) in [5, 5.41) is 0. The SMILES string of the molecule is COCCOCC1CC(c2ccc(C(F)(F)F)cc2)CN(C(=O)N2CCOCC2)C1. The lowest BCUT2D eigenvalue weighted by Gasteiger charge is -2.41. The molecule has 2 amide bonds. The van der Waals surface area contributed by atoms with Crippen molar-refractivity contribution in [2.75, 3.05) is 66.3 Å². The number of morpholine rings is 1. The molecular weight excluding hydrogens is 401 g/mol. The fraction of sp³-hybridized carbons (Fsp3) is 0.667. The summed E-state index contributed by atoms with van der Waals surface area (Å²) in [5.74, 6) is 0.0648. The van der Waals surface area contributed by atoms with Crippen molar-refractivity contribution in [1.29, 1.82) is 0 Å². The van der Waals surface area contributed by atoms with Crippen LogP contribution in [-0.2, 0) is 20.4 Å². The first-order chi connectivity index (χ1) is 14.4. The van der Waals surface area contributed by atoms with Crippen LogP contribution in [0.2, 0.25) is 0 Å². The highest BCUT2D eigenvalue weighted by Gasteiger charge is 2.34. The molecule has 30 heavy (non-hydrogen) atoms. The average Bonchev–Trinajstić information content (AvgIpc) is 2.76. The molecule has 2 aliphatic rings. The van der Waals surface area contributed by atoms with Crippen molar-refractivity contribution < 1.29 is 32.2 Å². The summed E-state index contributed by atoms with van der Waals surface area (Å²) >= 11 is 0. The summed E-state index contributed by atoms with van der Waals surface area (Å²) in [6, 6.07) is 5.24. The topological polar surface area (TPSA) is 51.2 Å². The van der Waals surface area contributed by atoms with Crippen LogP contribution in [0.4, 0.5) is 18.0 Å². The Hall–Kier alpha value is -1.84. The first-order valence-corrected chi connectivity index (χ1v) is 10.2. The molecule has 0 aliphatic carbocycles. The van der Waals surface area contributed by atoms with E-state index in [1.165, 1.54) is 12.1 Å². The predicted molar refractivity (Wildman–Crippen MR) is 104 cm³/mol. The van der Waals surface area contributed by atoms with Crippen molar-refractivity contribution in [3.63, 3.8) is 0 Å². The molecule has 9 heteroatoms. The Morgan fingerprint density at radius 2 is 1.80 bits per heavy atom. The fourth-order valence-electron chi connectivity index (χ4n) is 4.01. The average molecular weight is 430 g/mol. The number of benzene rings is 1. The normalized spacial score (nSPS) is 22.9. The molecule has 1 aromatic rings. The molecular formula is C21H29F3N2O4. The number of likely N-dealkylation sites (tertiary alicyclic amines) is 1. The van der Waals surface area contributed by atoms with Gasteiger partial charge in [-0.15, -0.1) is 0 Å². The highest BCUT2D eigenvalue weighted by molar-refractivity contribution is 5.74. The molecule has 0 saturated carbocycles. The number of amides is 2. The van der Waals surface area contributed by atoms with Crippen molar-refractivity contribution in [3.05, 3.63) is 35.4 Å². The van der Waals surface area contributed by atoms with Crippen molar-refractivity contribution in [1.82, 2.24) is 9.80 Å². The number of urea groups is 1. The molecule has 2 heterocycles. The second kappa shape index (κ2) is 10.5. The van der Waals surface area contributed by atoms with Crippen molar-refractivity contribution in [2.24, 2.45) is 5.92 Å². The summed E-state index contributed by atoms with van der Waals surface area (Å²) in [4.78, 5) is 16.6. The van der Waals surface area contributed by atoms with E-state index >= 15 is 0 Å². The maximum Gasteiger partial charge on any atom is 0.416 e. The molecule has 0 N–H and O–H groups in total. The van der Waals surface area contributed by atoms with Gasteiger partial charge in [0.1, 0.15) is 0 Å². The molecule has 0 bridgehead atoms. The molecule has 2 atom stereocenters. The van der Waals surface area contributed by atoms with Crippen LogP contribution >= 0.6 is 0 Å². The van der Waals surface area contributed by atoms with Crippen molar-refractivity contribution in [2.45, 2.75) is 18.5 Å². The molecule has 168 valence electrons. The number of halogens is 3. The van der Waals surface area contributed by atoms with Gasteiger partial charge in [0.15, 0.2) is 0 Å². The number of rotatable bonds is 6. The number of nitrogens with zero attached hydrogens (tertiary/aromatic N) is 2.